The van der Waals surface area contributed by atoms with E-state index < -0.39 is 17.7 Å². The van der Waals surface area contributed by atoms with Crippen LogP contribution >= 0.6 is 0 Å². The van der Waals surface area contributed by atoms with Gasteiger partial charge in [-0.2, -0.15) is 0 Å². The Kier molecular flexibility index (Phi) is 6.84. The molecule has 1 unspecified atom stereocenters. The fraction of sp³-hybridized carbons (Fsp3) is 0.348. The first kappa shape index (κ1) is 21.5. The van der Waals surface area contributed by atoms with E-state index in [2.05, 4.69) is 23.7 Å². The van der Waals surface area contributed by atoms with Crippen LogP contribution in [0.2, 0.25) is 0 Å². The van der Waals surface area contributed by atoms with E-state index in [0.29, 0.717) is 24.1 Å². The normalized spacial score (nSPS) is 18.4. The quantitative estimate of drug-likeness (QED) is 0.396. The number of aromatic hydroxyl groups is 1. The number of phenolic OH excluding ortho intramolecular Hbond substituents is 1. The SMILES string of the molecule is CCN(CC)CCCN1C(=O)C(=O)/C(=C(/O)c2ccncc2)C1c1cccc(O)c1. The average molecular weight is 409 g/mol. The summed E-state index contributed by atoms with van der Waals surface area (Å²) in [7, 11) is 0. The Balaban J connectivity index is 2.01. The third-order valence-corrected chi connectivity index (χ3v) is 5.45. The summed E-state index contributed by atoms with van der Waals surface area (Å²) in [6.07, 6.45) is 3.72. The summed E-state index contributed by atoms with van der Waals surface area (Å²) in [6, 6.07) is 8.86. The van der Waals surface area contributed by atoms with Crippen LogP contribution in [0.5, 0.6) is 5.75 Å². The molecule has 1 aliphatic rings. The van der Waals surface area contributed by atoms with Gasteiger partial charge in [0.05, 0.1) is 11.6 Å². The molecular weight excluding hydrogens is 382 g/mol. The van der Waals surface area contributed by atoms with E-state index in [0.717, 1.165) is 19.6 Å². The van der Waals surface area contributed by atoms with Crippen molar-refractivity contribution in [3.63, 3.8) is 0 Å². The van der Waals surface area contributed by atoms with E-state index >= 15 is 0 Å². The highest BCUT2D eigenvalue weighted by atomic mass is 16.3. The maximum Gasteiger partial charge on any atom is 0.295 e. The third kappa shape index (κ3) is 4.36. The number of hydrogen-bond donors (Lipinski definition) is 2. The van der Waals surface area contributed by atoms with Crippen molar-refractivity contribution >= 4 is 17.4 Å². The van der Waals surface area contributed by atoms with E-state index in [-0.39, 0.29) is 17.1 Å². The summed E-state index contributed by atoms with van der Waals surface area (Å²) in [5.41, 5.74) is 1.02. The number of amides is 1. The van der Waals surface area contributed by atoms with Crippen LogP contribution in [0.1, 0.15) is 37.4 Å². The largest absolute Gasteiger partial charge is 0.508 e. The van der Waals surface area contributed by atoms with Gasteiger partial charge >= 0.3 is 0 Å². The highest BCUT2D eigenvalue weighted by Crippen LogP contribution is 2.40. The molecule has 0 saturated carbocycles. The minimum Gasteiger partial charge on any atom is -0.508 e. The predicted octanol–water partition coefficient (Wildman–Crippen LogP) is 2.94. The molecule has 1 saturated heterocycles. The topological polar surface area (TPSA) is 94.0 Å². The molecule has 7 heteroatoms. The van der Waals surface area contributed by atoms with Crippen molar-refractivity contribution in [1.29, 1.82) is 0 Å². The zero-order valence-electron chi connectivity index (χ0n) is 17.3. The Morgan fingerprint density at radius 1 is 1.13 bits per heavy atom. The number of nitrogens with zero attached hydrogens (tertiary/aromatic N) is 3. The summed E-state index contributed by atoms with van der Waals surface area (Å²) in [5, 5.41) is 20.9. The Morgan fingerprint density at radius 2 is 1.83 bits per heavy atom. The molecule has 0 radical (unpaired) electrons. The molecule has 2 aromatic rings. The molecule has 158 valence electrons. The molecule has 2 heterocycles. The summed E-state index contributed by atoms with van der Waals surface area (Å²) < 4.78 is 0. The molecule has 0 spiro atoms. The lowest BCUT2D eigenvalue weighted by molar-refractivity contribution is -0.140. The predicted molar refractivity (Wildman–Crippen MR) is 114 cm³/mol. The first-order valence-electron chi connectivity index (χ1n) is 10.2. The smallest absolute Gasteiger partial charge is 0.295 e. The van der Waals surface area contributed by atoms with Gasteiger partial charge in [0, 0.05) is 24.5 Å². The number of aliphatic hydroxyl groups excluding tert-OH is 1. The summed E-state index contributed by atoms with van der Waals surface area (Å²) in [4.78, 5) is 33.5. The van der Waals surface area contributed by atoms with Gasteiger partial charge < -0.3 is 20.0 Å². The lowest BCUT2D eigenvalue weighted by Crippen LogP contribution is -2.33. The number of benzene rings is 1. The van der Waals surface area contributed by atoms with Gasteiger partial charge in [-0.3, -0.25) is 14.6 Å². The van der Waals surface area contributed by atoms with Crippen molar-refractivity contribution in [3.8, 4) is 5.75 Å². The standard InChI is InChI=1S/C23H27N3O4/c1-3-25(4-2)13-6-14-26-20(17-7-5-8-18(27)15-17)19(22(29)23(26)30)21(28)16-9-11-24-12-10-16/h5,7-12,15,20,27-28H,3-4,6,13-14H2,1-2H3/b21-19+. The van der Waals surface area contributed by atoms with Gasteiger partial charge in [0.25, 0.3) is 11.7 Å². The molecule has 1 aromatic heterocycles. The van der Waals surface area contributed by atoms with Crippen LogP contribution in [-0.2, 0) is 9.59 Å². The van der Waals surface area contributed by atoms with Gasteiger partial charge in [-0.1, -0.05) is 26.0 Å². The van der Waals surface area contributed by atoms with Crippen LogP contribution < -0.4 is 0 Å². The Bertz CT molecular complexity index is 938. The maximum absolute atomic E-state index is 12.9. The summed E-state index contributed by atoms with van der Waals surface area (Å²) >= 11 is 0. The Hall–Kier alpha value is -3.19. The van der Waals surface area contributed by atoms with Crippen LogP contribution in [-0.4, -0.2) is 62.9 Å². The molecular formula is C23H27N3O4. The number of phenols is 1. The van der Waals surface area contributed by atoms with E-state index in [1.54, 1.807) is 24.3 Å². The number of Topliss-reactive ketones (excluding diaryl/α,β-unsaturated/α-hetero) is 1. The van der Waals surface area contributed by atoms with Crippen molar-refractivity contribution in [1.82, 2.24) is 14.8 Å². The summed E-state index contributed by atoms with van der Waals surface area (Å²) in [5.74, 6) is -1.57. The highest BCUT2D eigenvalue weighted by Gasteiger charge is 2.45. The molecule has 2 N–H and O–H groups in total. The molecule has 7 nitrogen and oxygen atoms in total. The molecule has 3 rings (SSSR count). The van der Waals surface area contributed by atoms with Crippen molar-refractivity contribution in [3.05, 3.63) is 65.5 Å². The van der Waals surface area contributed by atoms with Gasteiger partial charge in [-0.25, -0.2) is 0 Å². The number of aromatic nitrogens is 1. The van der Waals surface area contributed by atoms with Crippen molar-refractivity contribution < 1.29 is 19.8 Å². The third-order valence-electron chi connectivity index (χ3n) is 5.45. The highest BCUT2D eigenvalue weighted by molar-refractivity contribution is 6.46. The monoisotopic (exact) mass is 409 g/mol. The number of rotatable bonds is 8. The number of aliphatic hydroxyl groups is 1. The van der Waals surface area contributed by atoms with Crippen molar-refractivity contribution in [2.24, 2.45) is 0 Å². The Labute approximate surface area is 176 Å². The van der Waals surface area contributed by atoms with E-state index in [4.69, 9.17) is 0 Å². The van der Waals surface area contributed by atoms with Crippen LogP contribution in [0.4, 0.5) is 0 Å². The minimum absolute atomic E-state index is 0.0274. The molecule has 1 aromatic carbocycles. The number of carbonyl (C=O) groups is 2. The van der Waals surface area contributed by atoms with Gasteiger partial charge in [-0.15, -0.1) is 0 Å². The number of likely N-dealkylation sites (tertiary alicyclic amines) is 1. The first-order chi connectivity index (χ1) is 14.5. The van der Waals surface area contributed by atoms with Gasteiger partial charge in [0.15, 0.2) is 0 Å². The minimum atomic E-state index is -0.762. The van der Waals surface area contributed by atoms with Gasteiger partial charge in [0.2, 0.25) is 0 Å². The van der Waals surface area contributed by atoms with Crippen LogP contribution in [0.3, 0.4) is 0 Å². The molecule has 0 bridgehead atoms. The van der Waals surface area contributed by atoms with E-state index in [1.165, 1.54) is 29.4 Å². The molecule has 1 fully saturated rings. The number of pyridine rings is 1. The Morgan fingerprint density at radius 3 is 2.47 bits per heavy atom. The van der Waals surface area contributed by atoms with Crippen molar-refractivity contribution in [2.45, 2.75) is 26.3 Å². The number of hydrogen-bond acceptors (Lipinski definition) is 6. The second kappa shape index (κ2) is 9.54. The molecule has 1 atom stereocenters. The van der Waals surface area contributed by atoms with Crippen LogP contribution in [0, 0.1) is 0 Å². The second-order valence-electron chi connectivity index (χ2n) is 7.20. The van der Waals surface area contributed by atoms with E-state index in [9.17, 15) is 19.8 Å². The maximum atomic E-state index is 12.9. The fourth-order valence-electron chi connectivity index (χ4n) is 3.82. The molecule has 1 amide bonds. The summed E-state index contributed by atoms with van der Waals surface area (Å²) in [6.45, 7) is 7.15. The molecule has 1 aliphatic heterocycles. The van der Waals surface area contributed by atoms with Crippen molar-refractivity contribution in [2.75, 3.05) is 26.2 Å². The zero-order chi connectivity index (χ0) is 21.7. The second-order valence-corrected chi connectivity index (χ2v) is 7.20. The first-order valence-corrected chi connectivity index (χ1v) is 10.2. The lowest BCUT2D eigenvalue weighted by Gasteiger charge is -2.26. The zero-order valence-corrected chi connectivity index (χ0v) is 17.3. The fourth-order valence-corrected chi connectivity index (χ4v) is 3.82. The molecule has 30 heavy (non-hydrogen) atoms. The number of ketones is 1. The van der Waals surface area contributed by atoms with Crippen LogP contribution in [0.15, 0.2) is 54.4 Å². The molecule has 0 aliphatic carbocycles. The van der Waals surface area contributed by atoms with Crippen LogP contribution in [0.25, 0.3) is 5.76 Å². The lowest BCUT2D eigenvalue weighted by atomic mass is 9.95. The van der Waals surface area contributed by atoms with Gasteiger partial charge in [-0.05, 0) is 55.9 Å². The number of carbonyl (C=O) groups excluding carboxylic acids is 2. The van der Waals surface area contributed by atoms with Gasteiger partial charge in [0.1, 0.15) is 11.5 Å². The average Bonchev–Trinajstić information content (AvgIpc) is 3.02. The van der Waals surface area contributed by atoms with E-state index in [1.807, 2.05) is 0 Å².